The van der Waals surface area contributed by atoms with E-state index in [0.717, 1.165) is 50.6 Å². The third-order valence-electron chi connectivity index (χ3n) is 3.75. The number of guanidine groups is 1. The first-order chi connectivity index (χ1) is 11.6. The van der Waals surface area contributed by atoms with Crippen LogP contribution in [0.25, 0.3) is 0 Å². The van der Waals surface area contributed by atoms with E-state index < -0.39 is 0 Å². The average molecular weight is 349 g/mol. The summed E-state index contributed by atoms with van der Waals surface area (Å²) < 4.78 is 2.06. The number of aromatic nitrogens is 3. The third kappa shape index (κ3) is 5.63. The van der Waals surface area contributed by atoms with Gasteiger partial charge in [0.2, 0.25) is 0 Å². The van der Waals surface area contributed by atoms with Crippen LogP contribution in [0.5, 0.6) is 0 Å². The molecular weight excluding hydrogens is 320 g/mol. The van der Waals surface area contributed by atoms with Gasteiger partial charge >= 0.3 is 0 Å². The number of aliphatic imine (C=N–C) groups is 1. The van der Waals surface area contributed by atoms with Crippen LogP contribution in [0.2, 0.25) is 0 Å². The standard InChI is InChI=1S/C17H28N6S/c1-5-15-12-21-16(24-15)7-9-20-17(18-4)19-8-6-10-23-14(3)11-13(2)22-23/h11-12H,5-10H2,1-4H3,(H2,18,19,20). The lowest BCUT2D eigenvalue weighted by atomic mass is 10.4. The molecule has 132 valence electrons. The molecule has 0 aliphatic carbocycles. The average Bonchev–Trinajstić information content (AvgIpc) is 3.15. The molecule has 0 amide bonds. The van der Waals surface area contributed by atoms with Gasteiger partial charge in [0.1, 0.15) is 0 Å². The number of aryl methyl sites for hydroxylation is 4. The first-order valence-corrected chi connectivity index (χ1v) is 9.33. The Morgan fingerprint density at radius 3 is 2.71 bits per heavy atom. The first kappa shape index (κ1) is 18.4. The van der Waals surface area contributed by atoms with Crippen molar-refractivity contribution in [1.82, 2.24) is 25.4 Å². The number of nitrogens with one attached hydrogen (secondary N) is 2. The molecule has 0 aliphatic heterocycles. The first-order valence-electron chi connectivity index (χ1n) is 8.51. The fraction of sp³-hybridized carbons (Fsp3) is 0.588. The highest BCUT2D eigenvalue weighted by molar-refractivity contribution is 7.11. The SMILES string of the molecule is CCc1cnc(CCNC(=NC)NCCCn2nc(C)cc2C)s1. The van der Waals surface area contributed by atoms with Crippen LogP contribution in [0, 0.1) is 13.8 Å². The van der Waals surface area contributed by atoms with Crippen molar-refractivity contribution in [3.8, 4) is 0 Å². The normalized spacial score (nSPS) is 11.8. The maximum absolute atomic E-state index is 4.48. The van der Waals surface area contributed by atoms with Gasteiger partial charge in [-0.15, -0.1) is 11.3 Å². The van der Waals surface area contributed by atoms with Crippen LogP contribution < -0.4 is 10.6 Å². The monoisotopic (exact) mass is 348 g/mol. The molecule has 0 saturated heterocycles. The van der Waals surface area contributed by atoms with E-state index in [9.17, 15) is 0 Å². The summed E-state index contributed by atoms with van der Waals surface area (Å²) in [5, 5.41) is 12.3. The second-order valence-corrected chi connectivity index (χ2v) is 6.95. The third-order valence-corrected chi connectivity index (χ3v) is 4.95. The van der Waals surface area contributed by atoms with Crippen LogP contribution in [-0.2, 0) is 19.4 Å². The molecule has 24 heavy (non-hydrogen) atoms. The second kappa shape index (κ2) is 9.42. The Kier molecular flexibility index (Phi) is 7.24. The van der Waals surface area contributed by atoms with E-state index in [2.05, 4.69) is 50.3 Å². The lowest BCUT2D eigenvalue weighted by molar-refractivity contribution is 0.555. The predicted octanol–water partition coefficient (Wildman–Crippen LogP) is 2.32. The molecule has 7 heteroatoms. The van der Waals surface area contributed by atoms with Crippen LogP contribution in [0.4, 0.5) is 0 Å². The molecule has 0 aliphatic rings. The van der Waals surface area contributed by atoms with Crippen LogP contribution in [0.1, 0.15) is 34.6 Å². The summed E-state index contributed by atoms with van der Waals surface area (Å²) in [7, 11) is 1.80. The van der Waals surface area contributed by atoms with E-state index in [1.807, 2.05) is 13.1 Å². The molecule has 6 nitrogen and oxygen atoms in total. The Labute approximate surface area is 148 Å². The number of hydrogen-bond donors (Lipinski definition) is 2. The summed E-state index contributed by atoms with van der Waals surface area (Å²) in [6.07, 6.45) is 4.97. The minimum Gasteiger partial charge on any atom is -0.356 e. The highest BCUT2D eigenvalue weighted by Crippen LogP contribution is 2.13. The topological polar surface area (TPSA) is 67.1 Å². The molecule has 0 saturated carbocycles. The van der Waals surface area contributed by atoms with E-state index in [-0.39, 0.29) is 0 Å². The van der Waals surface area contributed by atoms with Crippen molar-refractivity contribution in [2.24, 2.45) is 4.99 Å². The number of nitrogens with zero attached hydrogens (tertiary/aromatic N) is 4. The van der Waals surface area contributed by atoms with Gasteiger partial charge in [0, 0.05) is 49.9 Å². The van der Waals surface area contributed by atoms with Crippen molar-refractivity contribution in [1.29, 1.82) is 0 Å². The molecule has 2 aromatic heterocycles. The Hall–Kier alpha value is -1.89. The smallest absolute Gasteiger partial charge is 0.190 e. The molecule has 2 rings (SSSR count). The fourth-order valence-corrected chi connectivity index (χ4v) is 3.33. The van der Waals surface area contributed by atoms with Gasteiger partial charge in [0.15, 0.2) is 5.96 Å². The van der Waals surface area contributed by atoms with Crippen molar-refractivity contribution in [2.45, 2.75) is 46.6 Å². The predicted molar refractivity (Wildman–Crippen MR) is 101 cm³/mol. The molecule has 0 unspecified atom stereocenters. The molecule has 2 N–H and O–H groups in total. The molecule has 0 atom stereocenters. The zero-order chi connectivity index (χ0) is 17.4. The number of hydrogen-bond acceptors (Lipinski definition) is 4. The van der Waals surface area contributed by atoms with Gasteiger partial charge in [-0.25, -0.2) is 4.98 Å². The molecule has 0 spiro atoms. The Morgan fingerprint density at radius 1 is 1.29 bits per heavy atom. The van der Waals surface area contributed by atoms with Crippen LogP contribution in [0.15, 0.2) is 17.3 Å². The van der Waals surface area contributed by atoms with Crippen LogP contribution in [0.3, 0.4) is 0 Å². The molecule has 0 aromatic carbocycles. The van der Waals surface area contributed by atoms with Gasteiger partial charge in [-0.3, -0.25) is 9.67 Å². The molecular formula is C17H28N6S. The highest BCUT2D eigenvalue weighted by atomic mass is 32.1. The fourth-order valence-electron chi connectivity index (χ4n) is 2.47. The van der Waals surface area contributed by atoms with Crippen LogP contribution in [-0.4, -0.2) is 40.9 Å². The van der Waals surface area contributed by atoms with Crippen molar-refractivity contribution in [3.63, 3.8) is 0 Å². The van der Waals surface area contributed by atoms with Gasteiger partial charge in [0.25, 0.3) is 0 Å². The summed E-state index contributed by atoms with van der Waals surface area (Å²) >= 11 is 1.79. The molecule has 0 radical (unpaired) electrons. The van der Waals surface area contributed by atoms with E-state index in [0.29, 0.717) is 0 Å². The Balaban J connectivity index is 1.64. The molecule has 0 fully saturated rings. The largest absolute Gasteiger partial charge is 0.356 e. The van der Waals surface area contributed by atoms with Crippen molar-refractivity contribution in [2.75, 3.05) is 20.1 Å². The minimum absolute atomic E-state index is 0.841. The van der Waals surface area contributed by atoms with Gasteiger partial charge in [-0.05, 0) is 32.8 Å². The van der Waals surface area contributed by atoms with Crippen molar-refractivity contribution >= 4 is 17.3 Å². The Morgan fingerprint density at radius 2 is 2.08 bits per heavy atom. The van der Waals surface area contributed by atoms with E-state index in [4.69, 9.17) is 0 Å². The quantitative estimate of drug-likeness (QED) is 0.436. The van der Waals surface area contributed by atoms with Gasteiger partial charge in [-0.1, -0.05) is 6.92 Å². The van der Waals surface area contributed by atoms with Gasteiger partial charge < -0.3 is 10.6 Å². The summed E-state index contributed by atoms with van der Waals surface area (Å²) in [5.74, 6) is 0.843. The number of rotatable bonds is 8. The summed E-state index contributed by atoms with van der Waals surface area (Å²) in [5.41, 5.74) is 2.29. The maximum Gasteiger partial charge on any atom is 0.190 e. The maximum atomic E-state index is 4.48. The van der Waals surface area contributed by atoms with Crippen LogP contribution >= 0.6 is 11.3 Å². The summed E-state index contributed by atoms with van der Waals surface area (Å²) in [6, 6.07) is 2.11. The second-order valence-electron chi connectivity index (χ2n) is 5.75. The zero-order valence-electron chi connectivity index (χ0n) is 15.1. The van der Waals surface area contributed by atoms with E-state index in [1.54, 1.807) is 18.4 Å². The van der Waals surface area contributed by atoms with Crippen molar-refractivity contribution < 1.29 is 0 Å². The summed E-state index contributed by atoms with van der Waals surface area (Å²) in [4.78, 5) is 10.0. The molecule has 2 heterocycles. The molecule has 2 aromatic rings. The van der Waals surface area contributed by atoms with Crippen molar-refractivity contribution in [3.05, 3.63) is 33.5 Å². The highest BCUT2D eigenvalue weighted by Gasteiger charge is 2.03. The minimum atomic E-state index is 0.841. The van der Waals surface area contributed by atoms with Gasteiger partial charge in [-0.2, -0.15) is 5.10 Å². The van der Waals surface area contributed by atoms with Gasteiger partial charge in [0.05, 0.1) is 10.7 Å². The lowest BCUT2D eigenvalue weighted by Gasteiger charge is -2.11. The lowest BCUT2D eigenvalue weighted by Crippen LogP contribution is -2.39. The Bertz CT molecular complexity index is 658. The number of thiazole rings is 1. The molecule has 0 bridgehead atoms. The van der Waals surface area contributed by atoms with E-state index in [1.165, 1.54) is 15.6 Å². The van der Waals surface area contributed by atoms with E-state index >= 15 is 0 Å². The summed E-state index contributed by atoms with van der Waals surface area (Å²) in [6.45, 7) is 8.91. The zero-order valence-corrected chi connectivity index (χ0v) is 15.9.